The molecule has 1 fully saturated rings. The second-order valence-corrected chi connectivity index (χ2v) is 6.93. The lowest BCUT2D eigenvalue weighted by atomic mass is 10.3. The number of carbonyl (C=O) groups excluding carboxylic acids is 1. The maximum atomic E-state index is 13.7. The molecule has 1 amide bonds. The van der Waals surface area contributed by atoms with Crippen LogP contribution in [0.1, 0.15) is 19.3 Å². The maximum Gasteiger partial charge on any atom is 0.232 e. The van der Waals surface area contributed by atoms with E-state index in [-0.39, 0.29) is 30.6 Å². The Hall–Kier alpha value is -1.70. The smallest absolute Gasteiger partial charge is 0.232 e. The molecule has 0 spiro atoms. The first-order chi connectivity index (χ1) is 9.77. The average Bonchev–Trinajstić information content (AvgIpc) is 3.14. The van der Waals surface area contributed by atoms with Gasteiger partial charge in [-0.2, -0.15) is 0 Å². The minimum Gasteiger partial charge on any atom is -0.353 e. The third-order valence-electron chi connectivity index (χ3n) is 3.06. The van der Waals surface area contributed by atoms with Crippen LogP contribution in [-0.2, 0) is 14.8 Å². The highest BCUT2D eigenvalue weighted by molar-refractivity contribution is 7.92. The van der Waals surface area contributed by atoms with Crippen LogP contribution in [0.4, 0.5) is 14.5 Å². The van der Waals surface area contributed by atoms with Crippen LogP contribution in [0.25, 0.3) is 0 Å². The molecule has 0 radical (unpaired) electrons. The Morgan fingerprint density at radius 3 is 2.57 bits per heavy atom. The summed E-state index contributed by atoms with van der Waals surface area (Å²) in [4.78, 5) is 11.6. The molecule has 5 nitrogen and oxygen atoms in total. The number of nitrogens with one attached hydrogen (secondary N) is 1. The van der Waals surface area contributed by atoms with Gasteiger partial charge in [0.05, 0.1) is 11.9 Å². The molecule has 0 bridgehead atoms. The van der Waals surface area contributed by atoms with E-state index >= 15 is 0 Å². The summed E-state index contributed by atoms with van der Waals surface area (Å²) in [5.74, 6) is -2.06. The van der Waals surface area contributed by atoms with Crippen molar-refractivity contribution in [2.24, 2.45) is 0 Å². The van der Waals surface area contributed by atoms with E-state index in [4.69, 9.17) is 0 Å². The number of hydrogen-bond acceptors (Lipinski definition) is 3. The van der Waals surface area contributed by atoms with E-state index in [0.717, 1.165) is 35.5 Å². The van der Waals surface area contributed by atoms with Gasteiger partial charge in [-0.05, 0) is 25.0 Å². The first-order valence-electron chi connectivity index (χ1n) is 6.49. The SMILES string of the molecule is CS(=O)(=O)N(CCC(=O)NC1CC1)c1ccc(F)cc1F. The summed E-state index contributed by atoms with van der Waals surface area (Å²) in [7, 11) is -3.77. The van der Waals surface area contributed by atoms with Crippen LogP contribution in [0.2, 0.25) is 0 Å². The summed E-state index contributed by atoms with van der Waals surface area (Å²) >= 11 is 0. The normalized spacial score (nSPS) is 14.8. The van der Waals surface area contributed by atoms with Gasteiger partial charge in [-0.15, -0.1) is 0 Å². The van der Waals surface area contributed by atoms with Crippen molar-refractivity contribution in [3.8, 4) is 0 Å². The highest BCUT2D eigenvalue weighted by Gasteiger charge is 2.25. The van der Waals surface area contributed by atoms with Gasteiger partial charge in [-0.25, -0.2) is 17.2 Å². The van der Waals surface area contributed by atoms with Crippen molar-refractivity contribution in [1.82, 2.24) is 5.32 Å². The van der Waals surface area contributed by atoms with Crippen molar-refractivity contribution in [2.75, 3.05) is 17.1 Å². The molecule has 0 aliphatic heterocycles. The van der Waals surface area contributed by atoms with E-state index in [1.807, 2.05) is 0 Å². The molecule has 0 atom stereocenters. The summed E-state index contributed by atoms with van der Waals surface area (Å²) in [5, 5.41) is 2.72. The van der Waals surface area contributed by atoms with Crippen molar-refractivity contribution in [3.05, 3.63) is 29.8 Å². The van der Waals surface area contributed by atoms with Gasteiger partial charge in [0.1, 0.15) is 11.6 Å². The number of carbonyl (C=O) groups is 1. The predicted octanol–water partition coefficient (Wildman–Crippen LogP) is 1.40. The number of sulfonamides is 1. The number of rotatable bonds is 6. The molecular weight excluding hydrogens is 302 g/mol. The molecule has 1 aliphatic rings. The molecule has 8 heteroatoms. The quantitative estimate of drug-likeness (QED) is 0.862. The fourth-order valence-corrected chi connectivity index (χ4v) is 2.81. The Kier molecular flexibility index (Phi) is 4.46. The molecule has 2 rings (SSSR count). The second-order valence-electron chi connectivity index (χ2n) is 5.02. The van der Waals surface area contributed by atoms with E-state index in [1.54, 1.807) is 0 Å². The minimum absolute atomic E-state index is 0.0829. The number of hydrogen-bond donors (Lipinski definition) is 1. The summed E-state index contributed by atoms with van der Waals surface area (Å²) < 4.78 is 50.9. The van der Waals surface area contributed by atoms with Crippen molar-refractivity contribution in [3.63, 3.8) is 0 Å². The lowest BCUT2D eigenvalue weighted by molar-refractivity contribution is -0.121. The van der Waals surface area contributed by atoms with E-state index in [0.29, 0.717) is 6.07 Å². The van der Waals surface area contributed by atoms with Gasteiger partial charge in [0, 0.05) is 25.1 Å². The largest absolute Gasteiger partial charge is 0.353 e. The molecule has 1 aromatic carbocycles. The van der Waals surface area contributed by atoms with E-state index in [2.05, 4.69) is 5.32 Å². The molecule has 1 saturated carbocycles. The highest BCUT2D eigenvalue weighted by atomic mass is 32.2. The lowest BCUT2D eigenvalue weighted by Gasteiger charge is -2.22. The van der Waals surface area contributed by atoms with Crippen molar-refractivity contribution in [2.45, 2.75) is 25.3 Å². The number of amides is 1. The number of nitrogens with zero attached hydrogens (tertiary/aromatic N) is 1. The van der Waals surface area contributed by atoms with Crippen LogP contribution < -0.4 is 9.62 Å². The summed E-state index contributed by atoms with van der Waals surface area (Å²) in [5.41, 5.74) is -0.266. The van der Waals surface area contributed by atoms with Crippen LogP contribution in [0.5, 0.6) is 0 Å². The summed E-state index contributed by atoms with van der Waals surface area (Å²) in [6, 6.07) is 2.80. The Labute approximate surface area is 122 Å². The molecule has 0 saturated heterocycles. The highest BCUT2D eigenvalue weighted by Crippen LogP contribution is 2.23. The molecule has 0 unspecified atom stereocenters. The maximum absolute atomic E-state index is 13.7. The van der Waals surface area contributed by atoms with Gasteiger partial charge in [-0.3, -0.25) is 9.10 Å². The van der Waals surface area contributed by atoms with Gasteiger partial charge in [0.15, 0.2) is 0 Å². The number of benzene rings is 1. The Morgan fingerprint density at radius 2 is 2.05 bits per heavy atom. The Balaban J connectivity index is 2.12. The topological polar surface area (TPSA) is 66.5 Å². The molecule has 116 valence electrons. The van der Waals surface area contributed by atoms with E-state index < -0.39 is 21.7 Å². The third-order valence-corrected chi connectivity index (χ3v) is 4.24. The lowest BCUT2D eigenvalue weighted by Crippen LogP contribution is -2.35. The van der Waals surface area contributed by atoms with Crippen molar-refractivity contribution >= 4 is 21.6 Å². The van der Waals surface area contributed by atoms with Crippen LogP contribution >= 0.6 is 0 Å². The fraction of sp³-hybridized carbons (Fsp3) is 0.462. The molecule has 1 N–H and O–H groups in total. The molecule has 0 heterocycles. The Bertz CT molecular complexity index is 645. The molecule has 0 aromatic heterocycles. The first kappa shape index (κ1) is 15.7. The third kappa shape index (κ3) is 4.38. The second kappa shape index (κ2) is 5.97. The van der Waals surface area contributed by atoms with Crippen LogP contribution in [0.15, 0.2) is 18.2 Å². The van der Waals surface area contributed by atoms with E-state index in [1.165, 1.54) is 0 Å². The zero-order valence-corrected chi connectivity index (χ0v) is 12.3. The minimum atomic E-state index is -3.77. The zero-order valence-electron chi connectivity index (χ0n) is 11.5. The summed E-state index contributed by atoms with van der Waals surface area (Å²) in [6.45, 7) is -0.195. The monoisotopic (exact) mass is 318 g/mol. The Morgan fingerprint density at radius 1 is 1.38 bits per heavy atom. The standard InChI is InChI=1S/C13H16F2N2O3S/c1-21(19,20)17(7-6-13(18)16-10-3-4-10)12-5-2-9(14)8-11(12)15/h2,5,8,10H,3-4,6-7H2,1H3,(H,16,18). The van der Waals surface area contributed by atoms with Crippen molar-refractivity contribution < 1.29 is 22.0 Å². The molecule has 1 aliphatic carbocycles. The molecular formula is C13H16F2N2O3S. The van der Waals surface area contributed by atoms with Gasteiger partial charge in [-0.1, -0.05) is 0 Å². The molecule has 21 heavy (non-hydrogen) atoms. The van der Waals surface area contributed by atoms with Gasteiger partial charge in [0.25, 0.3) is 0 Å². The number of anilines is 1. The van der Waals surface area contributed by atoms with E-state index in [9.17, 15) is 22.0 Å². The van der Waals surface area contributed by atoms with Crippen LogP contribution in [0, 0.1) is 11.6 Å². The molecule has 1 aromatic rings. The van der Waals surface area contributed by atoms with Gasteiger partial charge < -0.3 is 5.32 Å². The van der Waals surface area contributed by atoms with Gasteiger partial charge in [0.2, 0.25) is 15.9 Å². The van der Waals surface area contributed by atoms with Crippen LogP contribution in [0.3, 0.4) is 0 Å². The fourth-order valence-electron chi connectivity index (χ4n) is 1.88. The van der Waals surface area contributed by atoms with Crippen molar-refractivity contribution in [1.29, 1.82) is 0 Å². The van der Waals surface area contributed by atoms with Gasteiger partial charge >= 0.3 is 0 Å². The average molecular weight is 318 g/mol. The number of halogens is 2. The first-order valence-corrected chi connectivity index (χ1v) is 8.34. The summed E-state index contributed by atoms with van der Waals surface area (Å²) in [6.07, 6.45) is 2.68. The zero-order chi connectivity index (χ0) is 15.6. The van der Waals surface area contributed by atoms with Crippen LogP contribution in [-0.4, -0.2) is 33.2 Å². The predicted molar refractivity (Wildman–Crippen MR) is 74.3 cm³/mol.